The second kappa shape index (κ2) is 5.18. The molecule has 0 amide bonds. The predicted octanol–water partition coefficient (Wildman–Crippen LogP) is 3.75. The predicted molar refractivity (Wildman–Crippen MR) is 83.2 cm³/mol. The van der Waals surface area contributed by atoms with Gasteiger partial charge in [-0.25, -0.2) is 0 Å². The van der Waals surface area contributed by atoms with Crippen molar-refractivity contribution in [2.24, 2.45) is 16.7 Å². The number of halogens is 1. The van der Waals surface area contributed by atoms with Crippen LogP contribution in [-0.4, -0.2) is 18.2 Å². The van der Waals surface area contributed by atoms with Gasteiger partial charge in [0.05, 0.1) is 16.8 Å². The van der Waals surface area contributed by atoms with E-state index < -0.39 is 17.5 Å². The van der Waals surface area contributed by atoms with Crippen LogP contribution < -0.4 is 5.73 Å². The standard InChI is InChI=1S/C16H22ClNO3/c1-15(2,3)12-8-16(12,14(19)20)13(21-4)9-5-6-10(17)11(18)7-9/h5-7,12-13H,8,18H2,1-4H3,(H,19,20). The minimum atomic E-state index is -0.896. The Kier molecular flexibility index (Phi) is 3.98. The maximum Gasteiger partial charge on any atom is 0.312 e. The van der Waals surface area contributed by atoms with Crippen molar-refractivity contribution in [2.45, 2.75) is 33.3 Å². The van der Waals surface area contributed by atoms with Crippen molar-refractivity contribution in [3.63, 3.8) is 0 Å². The van der Waals surface area contributed by atoms with E-state index in [9.17, 15) is 9.90 Å². The largest absolute Gasteiger partial charge is 0.481 e. The lowest BCUT2D eigenvalue weighted by atomic mass is 9.80. The molecule has 1 aromatic rings. The fourth-order valence-corrected chi connectivity index (χ4v) is 3.48. The topological polar surface area (TPSA) is 72.5 Å². The van der Waals surface area contributed by atoms with Crippen LogP contribution in [0.15, 0.2) is 18.2 Å². The van der Waals surface area contributed by atoms with Gasteiger partial charge in [0.1, 0.15) is 5.41 Å². The number of ether oxygens (including phenoxy) is 1. The lowest BCUT2D eigenvalue weighted by Gasteiger charge is -2.28. The van der Waals surface area contributed by atoms with Crippen LogP contribution in [0, 0.1) is 16.7 Å². The van der Waals surface area contributed by atoms with E-state index in [1.165, 1.54) is 7.11 Å². The van der Waals surface area contributed by atoms with Gasteiger partial charge < -0.3 is 15.6 Å². The zero-order chi connectivity index (χ0) is 16.0. The van der Waals surface area contributed by atoms with Crippen molar-refractivity contribution in [1.29, 1.82) is 0 Å². The average molecular weight is 312 g/mol. The van der Waals surface area contributed by atoms with Crippen molar-refractivity contribution in [3.05, 3.63) is 28.8 Å². The summed E-state index contributed by atoms with van der Waals surface area (Å²) in [5, 5.41) is 10.2. The van der Waals surface area contributed by atoms with E-state index in [4.69, 9.17) is 22.1 Å². The fraction of sp³-hybridized carbons (Fsp3) is 0.562. The highest BCUT2D eigenvalue weighted by atomic mass is 35.5. The van der Waals surface area contributed by atoms with Crippen LogP contribution in [0.4, 0.5) is 5.69 Å². The number of benzene rings is 1. The molecule has 0 bridgehead atoms. The van der Waals surface area contributed by atoms with Crippen LogP contribution in [0.2, 0.25) is 5.02 Å². The van der Waals surface area contributed by atoms with Crippen molar-refractivity contribution >= 4 is 23.3 Å². The summed E-state index contributed by atoms with van der Waals surface area (Å²) in [4.78, 5) is 11.9. The number of carboxylic acid groups (broad SMARTS) is 1. The van der Waals surface area contributed by atoms with E-state index >= 15 is 0 Å². The fourth-order valence-electron chi connectivity index (χ4n) is 3.37. The van der Waals surface area contributed by atoms with E-state index in [1.807, 2.05) is 0 Å². The number of nitrogen functional groups attached to an aromatic ring is 1. The third-order valence-corrected chi connectivity index (χ3v) is 4.82. The molecule has 21 heavy (non-hydrogen) atoms. The Hall–Kier alpha value is -1.26. The Bertz CT molecular complexity index is 567. The molecule has 0 aromatic heterocycles. The normalized spacial score (nSPS) is 26.4. The molecule has 3 N–H and O–H groups in total. The van der Waals surface area contributed by atoms with Crippen LogP contribution >= 0.6 is 11.6 Å². The van der Waals surface area contributed by atoms with Crippen LogP contribution in [-0.2, 0) is 9.53 Å². The molecule has 116 valence electrons. The molecule has 0 aliphatic heterocycles. The van der Waals surface area contributed by atoms with Gasteiger partial charge in [-0.15, -0.1) is 0 Å². The first kappa shape index (κ1) is 16.1. The molecule has 2 rings (SSSR count). The van der Waals surface area contributed by atoms with Gasteiger partial charge in [-0.3, -0.25) is 4.79 Å². The number of hydrogen-bond donors (Lipinski definition) is 2. The van der Waals surface area contributed by atoms with Crippen LogP contribution in [0.5, 0.6) is 0 Å². The molecule has 3 atom stereocenters. The van der Waals surface area contributed by atoms with Gasteiger partial charge in [0.2, 0.25) is 0 Å². The average Bonchev–Trinajstić information content (AvgIpc) is 3.11. The van der Waals surface area contributed by atoms with E-state index in [0.29, 0.717) is 17.1 Å². The monoisotopic (exact) mass is 311 g/mol. The lowest BCUT2D eigenvalue weighted by Crippen LogP contribution is -2.30. The molecule has 5 heteroatoms. The zero-order valence-electron chi connectivity index (χ0n) is 12.8. The first-order chi connectivity index (χ1) is 9.64. The van der Waals surface area contributed by atoms with Crippen molar-refractivity contribution in [1.82, 2.24) is 0 Å². The highest BCUT2D eigenvalue weighted by molar-refractivity contribution is 6.33. The second-order valence-corrected chi connectivity index (χ2v) is 7.27. The number of hydrogen-bond acceptors (Lipinski definition) is 3. The molecule has 4 nitrogen and oxygen atoms in total. The summed E-state index contributed by atoms with van der Waals surface area (Å²) < 4.78 is 5.57. The molecule has 1 fully saturated rings. The summed E-state index contributed by atoms with van der Waals surface area (Å²) in [6, 6.07) is 5.18. The summed E-state index contributed by atoms with van der Waals surface area (Å²) in [6.07, 6.45) is 0.0751. The minimum absolute atomic E-state index is 0.0596. The van der Waals surface area contributed by atoms with Gasteiger partial charge in [-0.1, -0.05) is 38.4 Å². The smallest absolute Gasteiger partial charge is 0.312 e. The van der Waals surface area contributed by atoms with E-state index in [-0.39, 0.29) is 11.3 Å². The Labute approximate surface area is 130 Å². The van der Waals surface area contributed by atoms with E-state index in [0.717, 1.165) is 5.56 Å². The van der Waals surface area contributed by atoms with Crippen LogP contribution in [0.25, 0.3) is 0 Å². The number of carboxylic acids is 1. The maximum atomic E-state index is 11.9. The van der Waals surface area contributed by atoms with Crippen molar-refractivity contribution in [2.75, 3.05) is 12.8 Å². The lowest BCUT2D eigenvalue weighted by molar-refractivity contribution is -0.151. The van der Waals surface area contributed by atoms with Gasteiger partial charge in [-0.2, -0.15) is 0 Å². The molecular formula is C16H22ClNO3. The van der Waals surface area contributed by atoms with Gasteiger partial charge in [0.15, 0.2) is 0 Å². The van der Waals surface area contributed by atoms with Crippen molar-refractivity contribution < 1.29 is 14.6 Å². The SMILES string of the molecule is COC(c1ccc(Cl)c(N)c1)C1(C(=O)O)CC1C(C)(C)C. The Morgan fingerprint density at radius 2 is 2.14 bits per heavy atom. The first-order valence-electron chi connectivity index (χ1n) is 6.95. The molecule has 0 spiro atoms. The molecular weight excluding hydrogens is 290 g/mol. The number of aliphatic carboxylic acids is 1. The summed E-state index contributed by atoms with van der Waals surface area (Å²) >= 11 is 5.94. The Balaban J connectivity index is 2.44. The van der Waals surface area contributed by atoms with E-state index in [2.05, 4.69) is 20.8 Å². The quantitative estimate of drug-likeness (QED) is 0.831. The molecule has 1 aromatic carbocycles. The highest BCUT2D eigenvalue weighted by Gasteiger charge is 2.68. The third-order valence-electron chi connectivity index (χ3n) is 4.47. The van der Waals surface area contributed by atoms with Crippen LogP contribution in [0.1, 0.15) is 38.9 Å². The van der Waals surface area contributed by atoms with Crippen LogP contribution in [0.3, 0.4) is 0 Å². The van der Waals surface area contributed by atoms with Gasteiger partial charge in [0.25, 0.3) is 0 Å². The van der Waals surface area contributed by atoms with Gasteiger partial charge in [-0.05, 0) is 35.4 Å². The first-order valence-corrected chi connectivity index (χ1v) is 7.33. The number of methoxy groups -OCH3 is 1. The zero-order valence-corrected chi connectivity index (χ0v) is 13.6. The molecule has 1 aliphatic carbocycles. The molecule has 1 saturated carbocycles. The number of rotatable bonds is 4. The Morgan fingerprint density at radius 1 is 1.52 bits per heavy atom. The molecule has 1 aliphatic rings. The van der Waals surface area contributed by atoms with Crippen molar-refractivity contribution in [3.8, 4) is 0 Å². The molecule has 0 saturated heterocycles. The molecule has 3 unspecified atom stereocenters. The number of carbonyl (C=O) groups is 1. The second-order valence-electron chi connectivity index (χ2n) is 6.86. The highest BCUT2D eigenvalue weighted by Crippen LogP contribution is 2.67. The summed E-state index contributed by atoms with van der Waals surface area (Å²) in [5.41, 5.74) is 6.05. The maximum absolute atomic E-state index is 11.9. The summed E-state index contributed by atoms with van der Waals surface area (Å²) in [7, 11) is 1.54. The summed E-state index contributed by atoms with van der Waals surface area (Å²) in [6.45, 7) is 6.18. The number of anilines is 1. The van der Waals surface area contributed by atoms with Gasteiger partial charge >= 0.3 is 5.97 Å². The van der Waals surface area contributed by atoms with Gasteiger partial charge in [0, 0.05) is 7.11 Å². The Morgan fingerprint density at radius 3 is 2.52 bits per heavy atom. The molecule has 0 radical (unpaired) electrons. The number of nitrogens with two attached hydrogens (primary N) is 1. The third kappa shape index (κ3) is 2.62. The minimum Gasteiger partial charge on any atom is -0.481 e. The van der Waals surface area contributed by atoms with E-state index in [1.54, 1.807) is 18.2 Å². The molecule has 0 heterocycles. The summed E-state index contributed by atoms with van der Waals surface area (Å²) in [5.74, 6) is -0.757.